The summed E-state index contributed by atoms with van der Waals surface area (Å²) in [6.07, 6.45) is 0.480. The van der Waals surface area contributed by atoms with E-state index in [9.17, 15) is 4.79 Å². The van der Waals surface area contributed by atoms with Gasteiger partial charge in [0.15, 0.2) is 0 Å². The van der Waals surface area contributed by atoms with E-state index < -0.39 is 0 Å². The van der Waals surface area contributed by atoms with Crippen LogP contribution in [-0.2, 0) is 11.2 Å². The molecule has 0 saturated heterocycles. The Morgan fingerprint density at radius 2 is 2.13 bits per heavy atom. The fourth-order valence-corrected chi connectivity index (χ4v) is 1.84. The molecule has 3 nitrogen and oxygen atoms in total. The number of carbonyl (C=O) groups excluding carboxylic acids is 1. The number of carbonyl (C=O) groups is 1. The van der Waals surface area contributed by atoms with Crippen LogP contribution in [0.2, 0.25) is 0 Å². The topological polar surface area (TPSA) is 55.1 Å². The van der Waals surface area contributed by atoms with Gasteiger partial charge in [0.1, 0.15) is 0 Å². The van der Waals surface area contributed by atoms with Gasteiger partial charge >= 0.3 is 0 Å². The van der Waals surface area contributed by atoms with Crippen LogP contribution in [0.3, 0.4) is 0 Å². The van der Waals surface area contributed by atoms with Gasteiger partial charge in [-0.05, 0) is 23.1 Å². The molecule has 0 bridgehead atoms. The first-order chi connectivity index (χ1) is 7.08. The van der Waals surface area contributed by atoms with Gasteiger partial charge < -0.3 is 11.1 Å². The minimum Gasteiger partial charge on any atom is -0.326 e. The number of nitrogens with one attached hydrogen (secondary N) is 1. The smallest absolute Gasteiger partial charge is 0.228 e. The summed E-state index contributed by atoms with van der Waals surface area (Å²) < 4.78 is 0. The molecule has 0 aliphatic carbocycles. The van der Waals surface area contributed by atoms with E-state index in [1.165, 1.54) is 0 Å². The summed E-state index contributed by atoms with van der Waals surface area (Å²) in [7, 11) is 0. The number of fused-ring (bicyclic) bond motifs is 1. The van der Waals surface area contributed by atoms with Crippen LogP contribution in [-0.4, -0.2) is 5.91 Å². The lowest BCUT2D eigenvalue weighted by Gasteiger charge is -2.16. The minimum absolute atomic E-state index is 0.0472. The van der Waals surface area contributed by atoms with Crippen molar-refractivity contribution in [3.8, 4) is 0 Å². The molecule has 2 rings (SSSR count). The molecule has 0 aromatic heterocycles. The molecule has 15 heavy (non-hydrogen) atoms. The number of anilines is 1. The fraction of sp³-hybridized carbons (Fsp3) is 0.417. The maximum atomic E-state index is 11.2. The normalized spacial score (nSPS) is 16.4. The van der Waals surface area contributed by atoms with E-state index in [0.717, 1.165) is 16.8 Å². The van der Waals surface area contributed by atoms with Gasteiger partial charge in [-0.1, -0.05) is 26.0 Å². The van der Waals surface area contributed by atoms with E-state index in [1.54, 1.807) is 0 Å². The molecule has 1 aliphatic heterocycles. The Balaban J connectivity index is 2.31. The summed E-state index contributed by atoms with van der Waals surface area (Å²) in [6.45, 7) is 4.20. The van der Waals surface area contributed by atoms with Crippen molar-refractivity contribution in [1.82, 2.24) is 0 Å². The number of nitrogens with two attached hydrogens (primary N) is 1. The van der Waals surface area contributed by atoms with Crippen molar-refractivity contribution in [1.29, 1.82) is 0 Å². The summed E-state index contributed by atoms with van der Waals surface area (Å²) in [4.78, 5) is 11.2. The highest BCUT2D eigenvalue weighted by Gasteiger charge is 2.19. The predicted octanol–water partition coefficient (Wildman–Crippen LogP) is 1.84. The van der Waals surface area contributed by atoms with Gasteiger partial charge in [-0.25, -0.2) is 0 Å². The number of rotatable bonds is 2. The van der Waals surface area contributed by atoms with Crippen molar-refractivity contribution in [3.05, 3.63) is 29.3 Å². The average molecular weight is 204 g/mol. The molecular formula is C12H16N2O. The largest absolute Gasteiger partial charge is 0.326 e. The standard InChI is InChI=1S/C12H16N2O/c1-7(2)12(13)8-3-4-10-9(5-8)6-11(15)14-10/h3-5,7,12H,6,13H2,1-2H3,(H,14,15). The number of hydrogen-bond acceptors (Lipinski definition) is 2. The Labute approximate surface area is 89.7 Å². The molecule has 0 saturated carbocycles. The predicted molar refractivity (Wildman–Crippen MR) is 60.5 cm³/mol. The second-order valence-corrected chi connectivity index (χ2v) is 4.41. The molecule has 1 amide bonds. The Morgan fingerprint density at radius 3 is 2.80 bits per heavy atom. The van der Waals surface area contributed by atoms with E-state index in [1.807, 2.05) is 18.2 Å². The van der Waals surface area contributed by atoms with E-state index >= 15 is 0 Å². The lowest BCUT2D eigenvalue weighted by atomic mass is 9.95. The van der Waals surface area contributed by atoms with E-state index in [0.29, 0.717) is 12.3 Å². The van der Waals surface area contributed by atoms with Crippen LogP contribution >= 0.6 is 0 Å². The minimum atomic E-state index is 0.0472. The first-order valence-corrected chi connectivity index (χ1v) is 5.26. The zero-order valence-corrected chi connectivity index (χ0v) is 9.08. The molecule has 80 valence electrons. The van der Waals surface area contributed by atoms with Crippen molar-refractivity contribution >= 4 is 11.6 Å². The van der Waals surface area contributed by atoms with Crippen LogP contribution in [0, 0.1) is 5.92 Å². The summed E-state index contributed by atoms with van der Waals surface area (Å²) in [5.74, 6) is 0.480. The van der Waals surface area contributed by atoms with Gasteiger partial charge in [-0.15, -0.1) is 0 Å². The number of amides is 1. The van der Waals surface area contributed by atoms with Gasteiger partial charge in [0.25, 0.3) is 0 Å². The van der Waals surface area contributed by atoms with Gasteiger partial charge in [0.2, 0.25) is 5.91 Å². The van der Waals surface area contributed by atoms with Crippen molar-refractivity contribution in [2.75, 3.05) is 5.32 Å². The highest BCUT2D eigenvalue weighted by atomic mass is 16.1. The first kappa shape index (κ1) is 10.2. The summed E-state index contributed by atoms with van der Waals surface area (Å²) in [5, 5.41) is 2.81. The van der Waals surface area contributed by atoms with Crippen molar-refractivity contribution in [2.24, 2.45) is 11.7 Å². The fourth-order valence-electron chi connectivity index (χ4n) is 1.84. The molecule has 3 heteroatoms. The van der Waals surface area contributed by atoms with Crippen LogP contribution in [0.15, 0.2) is 18.2 Å². The average Bonchev–Trinajstić information content (AvgIpc) is 2.55. The zero-order chi connectivity index (χ0) is 11.0. The van der Waals surface area contributed by atoms with Crippen LogP contribution in [0.25, 0.3) is 0 Å². The second-order valence-electron chi connectivity index (χ2n) is 4.41. The van der Waals surface area contributed by atoms with Gasteiger partial charge in [0, 0.05) is 11.7 Å². The quantitative estimate of drug-likeness (QED) is 0.772. The van der Waals surface area contributed by atoms with Gasteiger partial charge in [-0.2, -0.15) is 0 Å². The monoisotopic (exact) mass is 204 g/mol. The van der Waals surface area contributed by atoms with Crippen molar-refractivity contribution in [3.63, 3.8) is 0 Å². The van der Waals surface area contributed by atoms with Gasteiger partial charge in [0.05, 0.1) is 6.42 Å². The zero-order valence-electron chi connectivity index (χ0n) is 9.08. The molecule has 1 aromatic carbocycles. The van der Waals surface area contributed by atoms with E-state index in [4.69, 9.17) is 5.73 Å². The van der Waals surface area contributed by atoms with Gasteiger partial charge in [-0.3, -0.25) is 4.79 Å². The molecular weight excluding hydrogens is 188 g/mol. The molecule has 0 spiro atoms. The highest BCUT2D eigenvalue weighted by Crippen LogP contribution is 2.27. The summed E-state index contributed by atoms with van der Waals surface area (Å²) in [5.41, 5.74) is 9.17. The molecule has 3 N–H and O–H groups in total. The molecule has 1 aliphatic rings. The van der Waals surface area contributed by atoms with Crippen molar-refractivity contribution < 1.29 is 4.79 Å². The third kappa shape index (κ3) is 1.88. The molecule has 1 atom stereocenters. The van der Waals surface area contributed by atoms with Crippen molar-refractivity contribution in [2.45, 2.75) is 26.3 Å². The third-order valence-corrected chi connectivity index (χ3v) is 2.86. The highest BCUT2D eigenvalue weighted by molar-refractivity contribution is 5.99. The Hall–Kier alpha value is -1.35. The molecule has 0 radical (unpaired) electrons. The maximum absolute atomic E-state index is 11.2. The summed E-state index contributed by atoms with van der Waals surface area (Å²) >= 11 is 0. The Kier molecular flexibility index (Phi) is 2.49. The van der Waals surface area contributed by atoms with Crippen LogP contribution < -0.4 is 11.1 Å². The molecule has 0 fully saturated rings. The number of benzene rings is 1. The molecule has 1 heterocycles. The first-order valence-electron chi connectivity index (χ1n) is 5.26. The van der Waals surface area contributed by atoms with Crippen LogP contribution in [0.1, 0.15) is 31.0 Å². The third-order valence-electron chi connectivity index (χ3n) is 2.86. The lowest BCUT2D eigenvalue weighted by Crippen LogP contribution is -2.16. The van der Waals surface area contributed by atoms with E-state index in [-0.39, 0.29) is 11.9 Å². The van der Waals surface area contributed by atoms with Crippen LogP contribution in [0.4, 0.5) is 5.69 Å². The maximum Gasteiger partial charge on any atom is 0.228 e. The SMILES string of the molecule is CC(C)C(N)c1ccc2c(c1)CC(=O)N2. The number of hydrogen-bond donors (Lipinski definition) is 2. The molecule has 1 unspecified atom stereocenters. The lowest BCUT2D eigenvalue weighted by molar-refractivity contribution is -0.115. The Bertz CT molecular complexity index is 399. The second kappa shape index (κ2) is 3.66. The van der Waals surface area contributed by atoms with E-state index in [2.05, 4.69) is 19.2 Å². The Morgan fingerprint density at radius 1 is 1.40 bits per heavy atom. The van der Waals surface area contributed by atoms with Crippen LogP contribution in [0.5, 0.6) is 0 Å². The summed E-state index contributed by atoms with van der Waals surface area (Å²) in [6, 6.07) is 6.02. The molecule has 1 aromatic rings.